The molecule has 0 amide bonds. The van der Waals surface area contributed by atoms with Crippen molar-refractivity contribution < 1.29 is 8.83 Å². The van der Waals surface area contributed by atoms with Crippen LogP contribution in [-0.4, -0.2) is 0 Å². The van der Waals surface area contributed by atoms with Crippen LogP contribution >= 0.6 is 0 Å². The van der Waals surface area contributed by atoms with E-state index in [2.05, 4.69) is 219 Å². The molecule has 13 rings (SSSR count). The summed E-state index contributed by atoms with van der Waals surface area (Å²) in [5.41, 5.74) is 18.7. The first-order valence-electron chi connectivity index (χ1n) is 22.1. The van der Waals surface area contributed by atoms with E-state index in [-0.39, 0.29) is 5.41 Å². The van der Waals surface area contributed by atoms with E-state index in [0.717, 1.165) is 83.2 Å². The number of fused-ring (bicyclic) bond motifs is 10. The number of hydrogen-bond acceptors (Lipinski definition) is 3. The molecule has 2 heterocycles. The smallest absolute Gasteiger partial charge is 0.143 e. The quantitative estimate of drug-likeness (QED) is 0.167. The molecular formula is C61H41NO2. The molecule has 64 heavy (non-hydrogen) atoms. The van der Waals surface area contributed by atoms with Crippen LogP contribution in [0.4, 0.5) is 17.1 Å². The first kappa shape index (κ1) is 36.5. The average molecular weight is 820 g/mol. The normalized spacial score (nSPS) is 13.0. The van der Waals surface area contributed by atoms with Crippen LogP contribution in [0.2, 0.25) is 0 Å². The molecule has 302 valence electrons. The summed E-state index contributed by atoms with van der Waals surface area (Å²) in [4.78, 5) is 2.38. The number of furan rings is 2. The van der Waals surface area contributed by atoms with Gasteiger partial charge in [-0.2, -0.15) is 0 Å². The van der Waals surface area contributed by atoms with Gasteiger partial charge in [0.05, 0.1) is 11.1 Å². The van der Waals surface area contributed by atoms with Gasteiger partial charge in [-0.25, -0.2) is 0 Å². The summed E-state index contributed by atoms with van der Waals surface area (Å²) in [6.07, 6.45) is 0. The van der Waals surface area contributed by atoms with Crippen molar-refractivity contribution >= 4 is 71.7 Å². The molecule has 0 saturated carbocycles. The summed E-state index contributed by atoms with van der Waals surface area (Å²) < 4.78 is 13.6. The van der Waals surface area contributed by atoms with Crippen molar-refractivity contribution in [1.82, 2.24) is 0 Å². The molecule has 0 bridgehead atoms. The maximum absolute atomic E-state index is 7.12. The standard InChI is InChI=1S/C61H41NO2/c1-61(2)52-22-10-8-18-47(52)48-35-30-42(37-53(48)61)57-45-17-7-6-16-41(45)36-51-58-54(23-13-25-56(58)64-60(51)57)62(43-31-26-39(27-32-43)38-14-4-3-5-15-38)44-33-28-40(29-34-44)46-20-12-21-50-49-19-9-11-24-55(49)63-59(46)50/h3-37H,1-2H3. The van der Waals surface area contributed by atoms with E-state index in [1.165, 1.54) is 44.2 Å². The van der Waals surface area contributed by atoms with Crippen LogP contribution < -0.4 is 4.90 Å². The minimum Gasteiger partial charge on any atom is -0.455 e. The first-order chi connectivity index (χ1) is 31.5. The topological polar surface area (TPSA) is 29.5 Å². The number of para-hydroxylation sites is 2. The van der Waals surface area contributed by atoms with Gasteiger partial charge >= 0.3 is 0 Å². The number of rotatable bonds is 6. The van der Waals surface area contributed by atoms with Crippen LogP contribution in [0.3, 0.4) is 0 Å². The lowest BCUT2D eigenvalue weighted by molar-refractivity contribution is 0.660. The van der Waals surface area contributed by atoms with Crippen molar-refractivity contribution in [2.75, 3.05) is 4.90 Å². The van der Waals surface area contributed by atoms with Gasteiger partial charge in [-0.05, 0) is 110 Å². The molecule has 10 aromatic carbocycles. The van der Waals surface area contributed by atoms with Gasteiger partial charge in [-0.3, -0.25) is 0 Å². The van der Waals surface area contributed by atoms with Crippen LogP contribution in [0.25, 0.3) is 99.2 Å². The highest BCUT2D eigenvalue weighted by molar-refractivity contribution is 6.22. The van der Waals surface area contributed by atoms with Crippen LogP contribution in [0.5, 0.6) is 0 Å². The van der Waals surface area contributed by atoms with Crippen molar-refractivity contribution in [1.29, 1.82) is 0 Å². The predicted molar refractivity (Wildman–Crippen MR) is 267 cm³/mol. The second kappa shape index (κ2) is 13.9. The lowest BCUT2D eigenvalue weighted by Gasteiger charge is -2.26. The highest BCUT2D eigenvalue weighted by Crippen LogP contribution is 2.52. The third kappa shape index (κ3) is 5.47. The van der Waals surface area contributed by atoms with Gasteiger partial charge in [-0.15, -0.1) is 0 Å². The Morgan fingerprint density at radius 2 is 0.969 bits per heavy atom. The Morgan fingerprint density at radius 3 is 1.80 bits per heavy atom. The van der Waals surface area contributed by atoms with Crippen LogP contribution in [0.1, 0.15) is 25.0 Å². The number of hydrogen-bond donors (Lipinski definition) is 0. The minimum absolute atomic E-state index is 0.128. The third-order valence-corrected chi connectivity index (χ3v) is 13.7. The Labute approximate surface area is 371 Å². The summed E-state index contributed by atoms with van der Waals surface area (Å²) in [6.45, 7) is 4.70. The molecule has 0 aliphatic heterocycles. The van der Waals surface area contributed by atoms with Crippen LogP contribution in [0, 0.1) is 0 Å². The van der Waals surface area contributed by atoms with E-state index in [0.29, 0.717) is 0 Å². The highest BCUT2D eigenvalue weighted by Gasteiger charge is 2.35. The highest BCUT2D eigenvalue weighted by atomic mass is 16.3. The summed E-state index contributed by atoms with van der Waals surface area (Å²) in [5.74, 6) is 0. The van der Waals surface area contributed by atoms with Gasteiger partial charge in [0.1, 0.15) is 22.3 Å². The Balaban J connectivity index is 1.01. The Hall–Kier alpha value is -8.14. The molecule has 2 aromatic heterocycles. The Kier molecular flexibility index (Phi) is 7.95. The maximum Gasteiger partial charge on any atom is 0.143 e. The van der Waals surface area contributed by atoms with Crippen molar-refractivity contribution in [2.24, 2.45) is 0 Å². The van der Waals surface area contributed by atoms with Gasteiger partial charge in [0.15, 0.2) is 0 Å². The van der Waals surface area contributed by atoms with E-state index in [9.17, 15) is 0 Å². The molecular weight excluding hydrogens is 779 g/mol. The zero-order chi connectivity index (χ0) is 42.5. The number of anilines is 3. The van der Waals surface area contributed by atoms with Gasteiger partial charge < -0.3 is 13.7 Å². The summed E-state index contributed by atoms with van der Waals surface area (Å²) in [7, 11) is 0. The molecule has 0 saturated heterocycles. The lowest BCUT2D eigenvalue weighted by Crippen LogP contribution is -2.14. The van der Waals surface area contributed by atoms with E-state index in [1.54, 1.807) is 0 Å². The van der Waals surface area contributed by atoms with Gasteiger partial charge in [-0.1, -0.05) is 172 Å². The summed E-state index contributed by atoms with van der Waals surface area (Å²) in [5, 5.41) is 6.75. The molecule has 0 radical (unpaired) electrons. The van der Waals surface area contributed by atoms with Crippen molar-refractivity contribution in [2.45, 2.75) is 19.3 Å². The number of benzene rings is 10. The average Bonchev–Trinajstić information content (AvgIpc) is 3.99. The lowest BCUT2D eigenvalue weighted by atomic mass is 9.81. The zero-order valence-corrected chi connectivity index (χ0v) is 35.5. The van der Waals surface area contributed by atoms with Crippen molar-refractivity contribution in [3.05, 3.63) is 223 Å². The molecule has 0 fully saturated rings. The Morgan fingerprint density at radius 1 is 0.375 bits per heavy atom. The SMILES string of the molecule is CC1(C)c2ccccc2-c2ccc(-c3c4ccccc4cc4c3oc3cccc(N(c5ccc(-c6ccccc6)cc5)c5ccc(-c6cccc7c6oc6ccccc67)cc5)c34)cc21. The zero-order valence-electron chi connectivity index (χ0n) is 35.5. The number of nitrogens with zero attached hydrogens (tertiary/aromatic N) is 1. The monoisotopic (exact) mass is 819 g/mol. The fraction of sp³-hybridized carbons (Fsp3) is 0.0492. The Bertz CT molecular complexity index is 3800. The predicted octanol–water partition coefficient (Wildman–Crippen LogP) is 17.4. The van der Waals surface area contributed by atoms with Gasteiger partial charge in [0, 0.05) is 44.1 Å². The molecule has 0 atom stereocenters. The third-order valence-electron chi connectivity index (χ3n) is 13.7. The largest absolute Gasteiger partial charge is 0.455 e. The van der Waals surface area contributed by atoms with E-state index in [4.69, 9.17) is 8.83 Å². The van der Waals surface area contributed by atoms with Gasteiger partial charge in [0.2, 0.25) is 0 Å². The fourth-order valence-corrected chi connectivity index (χ4v) is 10.6. The van der Waals surface area contributed by atoms with Gasteiger partial charge in [0.25, 0.3) is 0 Å². The summed E-state index contributed by atoms with van der Waals surface area (Å²) >= 11 is 0. The fourth-order valence-electron chi connectivity index (χ4n) is 10.6. The molecule has 0 N–H and O–H groups in total. The van der Waals surface area contributed by atoms with Crippen molar-refractivity contribution in [3.63, 3.8) is 0 Å². The molecule has 1 aliphatic carbocycles. The summed E-state index contributed by atoms with van der Waals surface area (Å²) in [6, 6.07) is 76.5. The molecule has 0 unspecified atom stereocenters. The molecule has 1 aliphatic rings. The van der Waals surface area contributed by atoms with E-state index in [1.807, 2.05) is 12.1 Å². The minimum atomic E-state index is -0.128. The molecule has 3 heteroatoms. The molecule has 12 aromatic rings. The first-order valence-corrected chi connectivity index (χ1v) is 22.1. The van der Waals surface area contributed by atoms with Crippen LogP contribution in [0.15, 0.2) is 221 Å². The molecule has 3 nitrogen and oxygen atoms in total. The second-order valence-corrected chi connectivity index (χ2v) is 17.6. The maximum atomic E-state index is 7.12. The van der Waals surface area contributed by atoms with E-state index < -0.39 is 0 Å². The van der Waals surface area contributed by atoms with Crippen LogP contribution in [-0.2, 0) is 5.41 Å². The molecule has 0 spiro atoms. The van der Waals surface area contributed by atoms with E-state index >= 15 is 0 Å². The van der Waals surface area contributed by atoms with Crippen molar-refractivity contribution in [3.8, 4) is 44.5 Å². The second-order valence-electron chi connectivity index (χ2n) is 17.6.